The van der Waals surface area contributed by atoms with Crippen LogP contribution in [0.5, 0.6) is 0 Å². The van der Waals surface area contributed by atoms with E-state index in [1.54, 1.807) is 0 Å². The summed E-state index contributed by atoms with van der Waals surface area (Å²) in [7, 11) is 0. The number of rotatable bonds is 6. The maximum Gasteiger partial charge on any atom is -0.0168 e. The molecule has 0 aliphatic rings. The summed E-state index contributed by atoms with van der Waals surface area (Å²) in [5.41, 5.74) is 3.94. The van der Waals surface area contributed by atoms with Gasteiger partial charge in [0.05, 0.1) is 0 Å². The molecule has 0 saturated carbocycles. The van der Waals surface area contributed by atoms with Crippen molar-refractivity contribution in [3.05, 3.63) is 60.2 Å². The summed E-state index contributed by atoms with van der Waals surface area (Å²) in [4.78, 5) is 0. The van der Waals surface area contributed by atoms with Gasteiger partial charge in [0.15, 0.2) is 0 Å². The molecule has 0 fully saturated rings. The van der Waals surface area contributed by atoms with E-state index in [9.17, 15) is 0 Å². The van der Waals surface area contributed by atoms with Gasteiger partial charge in [-0.3, -0.25) is 0 Å². The van der Waals surface area contributed by atoms with Gasteiger partial charge in [-0.25, -0.2) is 0 Å². The highest BCUT2D eigenvalue weighted by Crippen LogP contribution is 2.23. The molecule has 0 radical (unpaired) electrons. The van der Waals surface area contributed by atoms with Gasteiger partial charge in [0, 0.05) is 0 Å². The molecular weight excluding hydrogens is 192 g/mol. The molecule has 0 heteroatoms. The molecule has 0 aliphatic heterocycles. The fourth-order valence-corrected chi connectivity index (χ4v) is 1.93. The highest BCUT2D eigenvalue weighted by atomic mass is 14.1. The minimum absolute atomic E-state index is 0.581. The molecule has 0 aromatic heterocycles. The van der Waals surface area contributed by atoms with Gasteiger partial charge in [-0.15, -0.1) is 6.58 Å². The highest BCUT2D eigenvalue weighted by Gasteiger charge is 2.09. The average Bonchev–Trinajstić information content (AvgIpc) is 2.25. The van der Waals surface area contributed by atoms with E-state index in [0.29, 0.717) is 5.92 Å². The minimum Gasteiger partial charge on any atom is -0.100 e. The van der Waals surface area contributed by atoms with E-state index in [2.05, 4.69) is 57.3 Å². The standard InChI is InChI=1S/C16H22/c1-13(2)12-16(14(3)4)11-10-15-8-6-5-7-9-15/h5-9,16H,1,3,10-12H2,2,4H3. The van der Waals surface area contributed by atoms with Crippen molar-refractivity contribution >= 4 is 0 Å². The Morgan fingerprint density at radius 2 is 1.75 bits per heavy atom. The molecule has 0 N–H and O–H groups in total. The van der Waals surface area contributed by atoms with Crippen molar-refractivity contribution in [3.8, 4) is 0 Å². The highest BCUT2D eigenvalue weighted by molar-refractivity contribution is 5.15. The van der Waals surface area contributed by atoms with Crippen LogP contribution in [-0.4, -0.2) is 0 Å². The van der Waals surface area contributed by atoms with Crippen molar-refractivity contribution in [2.24, 2.45) is 5.92 Å². The summed E-state index contributed by atoms with van der Waals surface area (Å²) < 4.78 is 0. The van der Waals surface area contributed by atoms with Gasteiger partial charge in [-0.2, -0.15) is 0 Å². The Morgan fingerprint density at radius 3 is 2.25 bits per heavy atom. The number of benzene rings is 1. The third-order valence-electron chi connectivity index (χ3n) is 2.92. The third-order valence-corrected chi connectivity index (χ3v) is 2.92. The lowest BCUT2D eigenvalue weighted by Crippen LogP contribution is -2.04. The van der Waals surface area contributed by atoms with Gasteiger partial charge in [0.2, 0.25) is 0 Å². The Kier molecular flexibility index (Phi) is 5.04. The monoisotopic (exact) mass is 214 g/mol. The first-order valence-corrected chi connectivity index (χ1v) is 5.93. The van der Waals surface area contributed by atoms with Crippen LogP contribution in [0.4, 0.5) is 0 Å². The molecule has 0 aliphatic carbocycles. The second-order valence-corrected chi connectivity index (χ2v) is 4.73. The van der Waals surface area contributed by atoms with Crippen LogP contribution in [-0.2, 0) is 6.42 Å². The van der Waals surface area contributed by atoms with Gasteiger partial charge in [-0.1, -0.05) is 48.1 Å². The van der Waals surface area contributed by atoms with Crippen molar-refractivity contribution in [3.63, 3.8) is 0 Å². The first-order valence-electron chi connectivity index (χ1n) is 5.93. The number of hydrogen-bond acceptors (Lipinski definition) is 0. The van der Waals surface area contributed by atoms with Gasteiger partial charge in [0.25, 0.3) is 0 Å². The van der Waals surface area contributed by atoms with E-state index >= 15 is 0 Å². The summed E-state index contributed by atoms with van der Waals surface area (Å²) in [6.07, 6.45) is 3.38. The van der Waals surface area contributed by atoms with Crippen molar-refractivity contribution < 1.29 is 0 Å². The lowest BCUT2D eigenvalue weighted by Gasteiger charge is -2.17. The minimum atomic E-state index is 0.581. The van der Waals surface area contributed by atoms with Crippen LogP contribution in [0.25, 0.3) is 0 Å². The van der Waals surface area contributed by atoms with Crippen molar-refractivity contribution in [1.82, 2.24) is 0 Å². The van der Waals surface area contributed by atoms with E-state index in [4.69, 9.17) is 0 Å². The zero-order valence-electron chi connectivity index (χ0n) is 10.5. The Morgan fingerprint density at radius 1 is 1.12 bits per heavy atom. The first kappa shape index (κ1) is 12.8. The van der Waals surface area contributed by atoms with Crippen LogP contribution < -0.4 is 0 Å². The second kappa shape index (κ2) is 6.32. The predicted octanol–water partition coefficient (Wildman–Crippen LogP) is 4.78. The summed E-state index contributed by atoms with van der Waals surface area (Å²) >= 11 is 0. The molecule has 1 aromatic rings. The topological polar surface area (TPSA) is 0 Å². The molecule has 1 unspecified atom stereocenters. The van der Waals surface area contributed by atoms with E-state index in [0.717, 1.165) is 12.8 Å². The second-order valence-electron chi connectivity index (χ2n) is 4.73. The molecule has 0 spiro atoms. The fourth-order valence-electron chi connectivity index (χ4n) is 1.93. The van der Waals surface area contributed by atoms with Crippen LogP contribution >= 0.6 is 0 Å². The quantitative estimate of drug-likeness (QED) is 0.598. The van der Waals surface area contributed by atoms with Crippen molar-refractivity contribution in [2.45, 2.75) is 33.1 Å². The van der Waals surface area contributed by atoms with Gasteiger partial charge in [-0.05, 0) is 44.6 Å². The predicted molar refractivity (Wildman–Crippen MR) is 72.5 cm³/mol. The molecule has 0 saturated heterocycles. The van der Waals surface area contributed by atoms with Crippen molar-refractivity contribution in [1.29, 1.82) is 0 Å². The van der Waals surface area contributed by atoms with Gasteiger partial charge in [0.1, 0.15) is 0 Å². The Balaban J connectivity index is 2.50. The van der Waals surface area contributed by atoms with Crippen molar-refractivity contribution in [2.75, 3.05) is 0 Å². The molecule has 0 heterocycles. The van der Waals surface area contributed by atoms with Gasteiger partial charge >= 0.3 is 0 Å². The molecule has 0 nitrogen and oxygen atoms in total. The molecule has 0 amide bonds. The Hall–Kier alpha value is -1.30. The van der Waals surface area contributed by atoms with E-state index in [1.807, 2.05) is 0 Å². The molecule has 1 aromatic carbocycles. The largest absolute Gasteiger partial charge is 0.100 e. The summed E-state index contributed by atoms with van der Waals surface area (Å²) in [6.45, 7) is 12.3. The maximum atomic E-state index is 4.08. The van der Waals surface area contributed by atoms with E-state index < -0.39 is 0 Å². The third kappa shape index (κ3) is 4.48. The molecule has 86 valence electrons. The normalized spacial score (nSPS) is 12.1. The fraction of sp³-hybridized carbons (Fsp3) is 0.375. The molecule has 0 bridgehead atoms. The summed E-state index contributed by atoms with van der Waals surface area (Å²) in [5, 5.41) is 0. The summed E-state index contributed by atoms with van der Waals surface area (Å²) in [5.74, 6) is 0.581. The van der Waals surface area contributed by atoms with Crippen LogP contribution in [0.1, 0.15) is 32.3 Å². The average molecular weight is 214 g/mol. The van der Waals surface area contributed by atoms with Crippen LogP contribution in [0, 0.1) is 5.92 Å². The van der Waals surface area contributed by atoms with E-state index in [-0.39, 0.29) is 0 Å². The first-order chi connectivity index (χ1) is 7.59. The van der Waals surface area contributed by atoms with Gasteiger partial charge < -0.3 is 0 Å². The van der Waals surface area contributed by atoms with Crippen LogP contribution in [0.2, 0.25) is 0 Å². The van der Waals surface area contributed by atoms with Crippen LogP contribution in [0.15, 0.2) is 54.6 Å². The zero-order chi connectivity index (χ0) is 12.0. The Labute approximate surface area is 99.7 Å². The SMILES string of the molecule is C=C(C)CC(CCc1ccccc1)C(=C)C. The number of hydrogen-bond donors (Lipinski definition) is 0. The van der Waals surface area contributed by atoms with Crippen LogP contribution in [0.3, 0.4) is 0 Å². The van der Waals surface area contributed by atoms with E-state index in [1.165, 1.54) is 23.1 Å². The summed E-state index contributed by atoms with van der Waals surface area (Å²) in [6, 6.07) is 10.6. The number of allylic oxidation sites excluding steroid dienone is 2. The number of aryl methyl sites for hydroxylation is 1. The molecule has 16 heavy (non-hydrogen) atoms. The molecular formula is C16H22. The molecule has 1 atom stereocenters. The Bertz CT molecular complexity index is 346. The lowest BCUT2D eigenvalue weighted by molar-refractivity contribution is 0.556. The molecule has 1 rings (SSSR count). The zero-order valence-corrected chi connectivity index (χ0v) is 10.5. The maximum absolute atomic E-state index is 4.08. The lowest BCUT2D eigenvalue weighted by atomic mass is 9.89. The smallest absolute Gasteiger partial charge is 0.0168 e.